The molecule has 0 heterocycles. The van der Waals surface area contributed by atoms with Gasteiger partial charge in [-0.25, -0.2) is 4.79 Å². The van der Waals surface area contributed by atoms with E-state index in [0.717, 1.165) is 19.4 Å². The highest BCUT2D eigenvalue weighted by Gasteiger charge is 2.18. The molecule has 84 valence electrons. The summed E-state index contributed by atoms with van der Waals surface area (Å²) < 4.78 is 10.3. The monoisotopic (exact) mass is 203 g/mol. The molecule has 0 saturated heterocycles. The largest absolute Gasteiger partial charge is 0.464 e. The van der Waals surface area contributed by atoms with Gasteiger partial charge >= 0.3 is 5.97 Å². The van der Waals surface area contributed by atoms with E-state index in [1.54, 1.807) is 6.92 Å². The van der Waals surface area contributed by atoms with E-state index in [4.69, 9.17) is 9.47 Å². The third-order valence-electron chi connectivity index (χ3n) is 1.77. The van der Waals surface area contributed by atoms with Crippen molar-refractivity contribution in [2.45, 2.75) is 32.8 Å². The SMILES string of the molecule is CCCC(OCCNC)C(=O)OCC. The van der Waals surface area contributed by atoms with E-state index in [-0.39, 0.29) is 5.97 Å². The van der Waals surface area contributed by atoms with E-state index in [0.29, 0.717) is 13.2 Å². The fourth-order valence-electron chi connectivity index (χ4n) is 1.07. The maximum atomic E-state index is 11.4. The van der Waals surface area contributed by atoms with Crippen molar-refractivity contribution in [1.82, 2.24) is 5.32 Å². The first-order valence-electron chi connectivity index (χ1n) is 5.19. The molecule has 1 N–H and O–H groups in total. The van der Waals surface area contributed by atoms with Gasteiger partial charge in [0, 0.05) is 6.54 Å². The lowest BCUT2D eigenvalue weighted by atomic mass is 10.2. The number of esters is 1. The Morgan fingerprint density at radius 3 is 2.64 bits per heavy atom. The molecule has 0 radical (unpaired) electrons. The molecule has 1 unspecified atom stereocenters. The molecule has 0 spiro atoms. The molecule has 0 aliphatic rings. The summed E-state index contributed by atoms with van der Waals surface area (Å²) in [5.41, 5.74) is 0. The van der Waals surface area contributed by atoms with Gasteiger partial charge in [-0.2, -0.15) is 0 Å². The quantitative estimate of drug-likeness (QED) is 0.471. The second-order valence-corrected chi connectivity index (χ2v) is 3.00. The molecule has 0 amide bonds. The van der Waals surface area contributed by atoms with Crippen molar-refractivity contribution in [3.05, 3.63) is 0 Å². The number of hydrogen-bond donors (Lipinski definition) is 1. The summed E-state index contributed by atoms with van der Waals surface area (Å²) in [6.45, 7) is 5.52. The molecule has 4 nitrogen and oxygen atoms in total. The first-order chi connectivity index (χ1) is 6.76. The van der Waals surface area contributed by atoms with Crippen LogP contribution in [0.4, 0.5) is 0 Å². The van der Waals surface area contributed by atoms with Crippen LogP contribution < -0.4 is 5.32 Å². The lowest BCUT2D eigenvalue weighted by Gasteiger charge is -2.15. The molecule has 1 atom stereocenters. The van der Waals surface area contributed by atoms with Crippen molar-refractivity contribution in [2.24, 2.45) is 0 Å². The Hall–Kier alpha value is -0.610. The predicted molar refractivity (Wildman–Crippen MR) is 55.2 cm³/mol. The summed E-state index contributed by atoms with van der Waals surface area (Å²) in [6, 6.07) is 0. The van der Waals surface area contributed by atoms with Crippen molar-refractivity contribution < 1.29 is 14.3 Å². The molecular formula is C10H21NO3. The lowest BCUT2D eigenvalue weighted by molar-refractivity contribution is -0.157. The zero-order valence-electron chi connectivity index (χ0n) is 9.34. The van der Waals surface area contributed by atoms with Crippen LogP contribution in [0, 0.1) is 0 Å². The maximum Gasteiger partial charge on any atom is 0.335 e. The summed E-state index contributed by atoms with van der Waals surface area (Å²) in [4.78, 5) is 11.4. The van der Waals surface area contributed by atoms with Gasteiger partial charge in [0.2, 0.25) is 0 Å². The zero-order chi connectivity index (χ0) is 10.8. The minimum Gasteiger partial charge on any atom is -0.464 e. The van der Waals surface area contributed by atoms with Crippen LogP contribution in [0.15, 0.2) is 0 Å². The second kappa shape index (κ2) is 8.97. The fraction of sp³-hybridized carbons (Fsp3) is 0.900. The highest BCUT2D eigenvalue weighted by molar-refractivity contribution is 5.74. The molecule has 0 fully saturated rings. The molecule has 0 aliphatic carbocycles. The maximum absolute atomic E-state index is 11.4. The standard InChI is InChI=1S/C10H21NO3/c1-4-6-9(10(12)13-5-2)14-8-7-11-3/h9,11H,4-8H2,1-3H3. The van der Waals surface area contributed by atoms with Crippen LogP contribution in [0.2, 0.25) is 0 Å². The molecule has 0 saturated carbocycles. The third kappa shape index (κ3) is 5.94. The van der Waals surface area contributed by atoms with Crippen LogP contribution in [-0.2, 0) is 14.3 Å². The van der Waals surface area contributed by atoms with E-state index in [9.17, 15) is 4.79 Å². The normalized spacial score (nSPS) is 12.5. The van der Waals surface area contributed by atoms with Crippen LogP contribution in [0.5, 0.6) is 0 Å². The number of hydrogen-bond acceptors (Lipinski definition) is 4. The average molecular weight is 203 g/mol. The van der Waals surface area contributed by atoms with Crippen LogP contribution in [0.3, 0.4) is 0 Å². The smallest absolute Gasteiger partial charge is 0.335 e. The van der Waals surface area contributed by atoms with Crippen LogP contribution in [0.1, 0.15) is 26.7 Å². The molecule has 14 heavy (non-hydrogen) atoms. The molecule has 0 bridgehead atoms. The highest BCUT2D eigenvalue weighted by atomic mass is 16.6. The number of carbonyl (C=O) groups is 1. The van der Waals surface area contributed by atoms with Crippen LogP contribution in [-0.4, -0.2) is 38.9 Å². The minimum atomic E-state index is -0.395. The summed E-state index contributed by atoms with van der Waals surface area (Å²) in [7, 11) is 1.85. The van der Waals surface area contributed by atoms with Crippen LogP contribution >= 0.6 is 0 Å². The Labute approximate surface area is 86.0 Å². The Bertz CT molecular complexity index is 150. The van der Waals surface area contributed by atoms with Gasteiger partial charge in [-0.05, 0) is 20.4 Å². The van der Waals surface area contributed by atoms with Gasteiger partial charge in [-0.1, -0.05) is 13.3 Å². The van der Waals surface area contributed by atoms with Crippen LogP contribution in [0.25, 0.3) is 0 Å². The summed E-state index contributed by atoms with van der Waals surface area (Å²) in [5, 5.41) is 2.96. The average Bonchev–Trinajstić information content (AvgIpc) is 2.17. The summed E-state index contributed by atoms with van der Waals surface area (Å²) >= 11 is 0. The van der Waals surface area contributed by atoms with Gasteiger partial charge in [-0.15, -0.1) is 0 Å². The first-order valence-corrected chi connectivity index (χ1v) is 5.19. The van der Waals surface area contributed by atoms with E-state index < -0.39 is 6.10 Å². The van der Waals surface area contributed by atoms with E-state index in [1.165, 1.54) is 0 Å². The second-order valence-electron chi connectivity index (χ2n) is 3.00. The molecule has 0 aromatic heterocycles. The van der Waals surface area contributed by atoms with Gasteiger partial charge < -0.3 is 14.8 Å². The number of ether oxygens (including phenoxy) is 2. The topological polar surface area (TPSA) is 47.6 Å². The van der Waals surface area contributed by atoms with Crippen molar-refractivity contribution in [1.29, 1.82) is 0 Å². The number of carbonyl (C=O) groups excluding carboxylic acids is 1. The molecule has 0 rings (SSSR count). The van der Waals surface area contributed by atoms with Crippen molar-refractivity contribution in [3.8, 4) is 0 Å². The van der Waals surface area contributed by atoms with E-state index in [2.05, 4.69) is 5.32 Å². The summed E-state index contributed by atoms with van der Waals surface area (Å²) in [6.07, 6.45) is 1.25. The van der Waals surface area contributed by atoms with Gasteiger partial charge in [0.05, 0.1) is 13.2 Å². The van der Waals surface area contributed by atoms with Crippen molar-refractivity contribution in [2.75, 3.05) is 26.8 Å². The fourth-order valence-corrected chi connectivity index (χ4v) is 1.07. The Balaban J connectivity index is 3.81. The first kappa shape index (κ1) is 13.4. The highest BCUT2D eigenvalue weighted by Crippen LogP contribution is 2.04. The van der Waals surface area contributed by atoms with Gasteiger partial charge in [0.25, 0.3) is 0 Å². The number of rotatable bonds is 8. The van der Waals surface area contributed by atoms with E-state index >= 15 is 0 Å². The van der Waals surface area contributed by atoms with Gasteiger partial charge in [0.1, 0.15) is 0 Å². The number of likely N-dealkylation sites (N-methyl/N-ethyl adjacent to an activating group) is 1. The molecule has 0 aliphatic heterocycles. The van der Waals surface area contributed by atoms with Gasteiger partial charge in [-0.3, -0.25) is 0 Å². The Morgan fingerprint density at radius 2 is 2.14 bits per heavy atom. The Kier molecular flexibility index (Phi) is 8.57. The molecular weight excluding hydrogens is 182 g/mol. The van der Waals surface area contributed by atoms with Crippen molar-refractivity contribution >= 4 is 5.97 Å². The van der Waals surface area contributed by atoms with Crippen molar-refractivity contribution in [3.63, 3.8) is 0 Å². The Morgan fingerprint density at radius 1 is 1.43 bits per heavy atom. The molecule has 4 heteroatoms. The zero-order valence-corrected chi connectivity index (χ0v) is 9.34. The summed E-state index contributed by atoms with van der Waals surface area (Å²) in [5.74, 6) is -0.245. The number of nitrogens with one attached hydrogen (secondary N) is 1. The third-order valence-corrected chi connectivity index (χ3v) is 1.77. The molecule has 0 aromatic carbocycles. The lowest BCUT2D eigenvalue weighted by Crippen LogP contribution is -2.29. The van der Waals surface area contributed by atoms with Gasteiger partial charge in [0.15, 0.2) is 6.10 Å². The molecule has 0 aromatic rings. The van der Waals surface area contributed by atoms with E-state index in [1.807, 2.05) is 14.0 Å². The predicted octanol–water partition coefficient (Wildman–Crippen LogP) is 0.954. The minimum absolute atomic E-state index is 0.245.